The third-order valence-electron chi connectivity index (χ3n) is 5.88. The molecule has 0 aliphatic carbocycles. The SMILES string of the molecule is CC(C)(C)OC(=O)NCC[C@@H]1CCCN1c1cc(F)cc(S(=O)(=O)N[C@@H](CNC(=O)c2ccc(Cl)s2)C(=O)O)c1. The molecular formula is C25H32ClFN4O7S2. The van der Waals surface area contributed by atoms with Gasteiger partial charge in [-0.1, -0.05) is 11.6 Å². The minimum atomic E-state index is -4.49. The Balaban J connectivity index is 1.68. The molecule has 0 unspecified atom stereocenters. The number of nitrogens with one attached hydrogen (secondary N) is 3. The summed E-state index contributed by atoms with van der Waals surface area (Å²) in [6, 6.07) is 4.43. The number of carboxylic acids is 1. The molecule has 1 aliphatic heterocycles. The van der Waals surface area contributed by atoms with Gasteiger partial charge in [-0.15, -0.1) is 11.3 Å². The van der Waals surface area contributed by atoms with Crippen LogP contribution in [0.1, 0.15) is 49.7 Å². The Morgan fingerprint density at radius 3 is 2.58 bits per heavy atom. The molecule has 40 heavy (non-hydrogen) atoms. The number of carboxylic acid groups (broad SMARTS) is 1. The molecule has 4 N–H and O–H groups in total. The van der Waals surface area contributed by atoms with E-state index in [0.717, 1.165) is 30.2 Å². The fraction of sp³-hybridized carbons (Fsp3) is 0.480. The van der Waals surface area contributed by atoms with Crippen molar-refractivity contribution in [2.75, 3.05) is 24.5 Å². The lowest BCUT2D eigenvalue weighted by Crippen LogP contribution is -2.48. The molecule has 2 heterocycles. The zero-order valence-electron chi connectivity index (χ0n) is 22.2. The van der Waals surface area contributed by atoms with Crippen LogP contribution in [0.15, 0.2) is 35.2 Å². The van der Waals surface area contributed by atoms with Gasteiger partial charge in [-0.05, 0) is 70.4 Å². The number of thiophene rings is 1. The van der Waals surface area contributed by atoms with E-state index in [9.17, 15) is 32.3 Å². The van der Waals surface area contributed by atoms with Crippen LogP contribution in [-0.4, -0.2) is 68.8 Å². The lowest BCUT2D eigenvalue weighted by molar-refractivity contribution is -0.138. The second-order valence-corrected chi connectivity index (χ2v) is 13.6. The second-order valence-electron chi connectivity index (χ2n) is 10.2. The average Bonchev–Trinajstić information content (AvgIpc) is 3.49. The Morgan fingerprint density at radius 2 is 1.95 bits per heavy atom. The van der Waals surface area contributed by atoms with Gasteiger partial charge in [0.25, 0.3) is 5.91 Å². The minimum Gasteiger partial charge on any atom is -0.480 e. The Hall–Kier alpha value is -2.94. The number of amides is 2. The summed E-state index contributed by atoms with van der Waals surface area (Å²) in [5.74, 6) is -2.96. The molecule has 1 aromatic carbocycles. The van der Waals surface area contributed by atoms with Gasteiger partial charge in [0, 0.05) is 31.4 Å². The van der Waals surface area contributed by atoms with Gasteiger partial charge in [-0.2, -0.15) is 4.72 Å². The Bertz CT molecular complexity index is 1350. The summed E-state index contributed by atoms with van der Waals surface area (Å²) in [6.07, 6.45) is 1.50. The molecule has 1 aromatic heterocycles. The number of hydrogen-bond donors (Lipinski definition) is 4. The largest absolute Gasteiger partial charge is 0.480 e. The molecule has 15 heteroatoms. The summed E-state index contributed by atoms with van der Waals surface area (Å²) < 4.78 is 48.4. The third kappa shape index (κ3) is 9.04. The van der Waals surface area contributed by atoms with Gasteiger partial charge < -0.3 is 25.4 Å². The number of carbonyl (C=O) groups is 3. The van der Waals surface area contributed by atoms with Crippen molar-refractivity contribution < 1.29 is 37.0 Å². The standard InChI is InChI=1S/C25H32ClFN4O7S2/c1-25(2,3)38-24(35)28-9-8-16-5-4-10-31(16)17-11-15(27)12-18(13-17)40(36,37)30-19(23(33)34)14-29-22(32)20-6-7-21(26)39-20/h6-7,11-13,16,19,30H,4-5,8-10,14H2,1-3H3,(H,28,35)(H,29,32)(H,33,34)/t16-,19-/m0/s1. The molecule has 11 nitrogen and oxygen atoms in total. The van der Waals surface area contributed by atoms with E-state index in [1.165, 1.54) is 24.3 Å². The summed E-state index contributed by atoms with van der Waals surface area (Å²) in [6.45, 7) is 5.57. The predicted octanol–water partition coefficient (Wildman–Crippen LogP) is 3.59. The van der Waals surface area contributed by atoms with Crippen molar-refractivity contribution in [3.63, 3.8) is 0 Å². The molecule has 0 saturated carbocycles. The van der Waals surface area contributed by atoms with Crippen molar-refractivity contribution in [1.82, 2.24) is 15.4 Å². The van der Waals surface area contributed by atoms with Crippen LogP contribution in [0.2, 0.25) is 4.34 Å². The molecule has 2 aromatic rings. The summed E-state index contributed by atoms with van der Waals surface area (Å²) in [4.78, 5) is 37.6. The molecule has 220 valence electrons. The van der Waals surface area contributed by atoms with Gasteiger partial charge in [0.2, 0.25) is 10.0 Å². The first-order chi connectivity index (χ1) is 18.6. The van der Waals surface area contributed by atoms with Gasteiger partial charge in [-0.3, -0.25) is 9.59 Å². The van der Waals surface area contributed by atoms with Crippen LogP contribution in [0.4, 0.5) is 14.9 Å². The van der Waals surface area contributed by atoms with Crippen molar-refractivity contribution in [2.45, 2.75) is 62.6 Å². The lowest BCUT2D eigenvalue weighted by atomic mass is 10.1. The zero-order chi connectivity index (χ0) is 29.7. The summed E-state index contributed by atoms with van der Waals surface area (Å²) in [7, 11) is -4.49. The molecule has 2 amide bonds. The third-order valence-corrected chi connectivity index (χ3v) is 8.56. The Morgan fingerprint density at radius 1 is 1.23 bits per heavy atom. The fourth-order valence-corrected chi connectivity index (χ4v) is 6.35. The van der Waals surface area contributed by atoms with E-state index in [1.807, 2.05) is 9.62 Å². The van der Waals surface area contributed by atoms with Crippen molar-refractivity contribution in [3.8, 4) is 0 Å². The van der Waals surface area contributed by atoms with Crippen molar-refractivity contribution in [2.24, 2.45) is 0 Å². The van der Waals surface area contributed by atoms with Crippen LogP contribution in [-0.2, 0) is 19.6 Å². The number of aliphatic carboxylic acids is 1. The molecular weight excluding hydrogens is 587 g/mol. The number of rotatable bonds is 11. The number of carbonyl (C=O) groups excluding carboxylic acids is 2. The maximum atomic E-state index is 14.6. The molecule has 0 bridgehead atoms. The maximum absolute atomic E-state index is 14.6. The van der Waals surface area contributed by atoms with E-state index in [4.69, 9.17) is 16.3 Å². The van der Waals surface area contributed by atoms with Crippen LogP contribution in [0.25, 0.3) is 0 Å². The number of benzene rings is 1. The number of nitrogens with zero attached hydrogens (tertiary/aromatic N) is 1. The highest BCUT2D eigenvalue weighted by Crippen LogP contribution is 2.30. The Labute approximate surface area is 241 Å². The highest BCUT2D eigenvalue weighted by molar-refractivity contribution is 7.89. The van der Waals surface area contributed by atoms with Gasteiger partial charge >= 0.3 is 12.1 Å². The number of halogens is 2. The van der Waals surface area contributed by atoms with Crippen LogP contribution < -0.4 is 20.3 Å². The second kappa shape index (κ2) is 13.1. The van der Waals surface area contributed by atoms with E-state index in [2.05, 4.69) is 10.6 Å². The molecule has 0 radical (unpaired) electrons. The number of ether oxygens (including phenoxy) is 1. The van der Waals surface area contributed by atoms with E-state index >= 15 is 0 Å². The summed E-state index contributed by atoms with van der Waals surface area (Å²) in [5.41, 5.74) is -0.320. The van der Waals surface area contributed by atoms with Crippen LogP contribution >= 0.6 is 22.9 Å². The molecule has 1 fully saturated rings. The predicted molar refractivity (Wildman–Crippen MR) is 149 cm³/mol. The smallest absolute Gasteiger partial charge is 0.407 e. The van der Waals surface area contributed by atoms with Crippen molar-refractivity contribution >= 4 is 56.6 Å². The molecule has 0 spiro atoms. The zero-order valence-corrected chi connectivity index (χ0v) is 24.6. The van der Waals surface area contributed by atoms with Gasteiger partial charge in [0.1, 0.15) is 17.5 Å². The van der Waals surface area contributed by atoms with Gasteiger partial charge in [0.05, 0.1) is 14.1 Å². The molecule has 1 saturated heterocycles. The summed E-state index contributed by atoms with van der Waals surface area (Å²) in [5, 5.41) is 14.6. The highest BCUT2D eigenvalue weighted by atomic mass is 35.5. The monoisotopic (exact) mass is 618 g/mol. The normalized spacial score (nSPS) is 16.4. The van der Waals surface area contributed by atoms with E-state index in [-0.39, 0.29) is 10.9 Å². The molecule has 3 rings (SSSR count). The average molecular weight is 619 g/mol. The van der Waals surface area contributed by atoms with Crippen LogP contribution in [0.3, 0.4) is 0 Å². The lowest BCUT2D eigenvalue weighted by Gasteiger charge is -2.28. The topological polar surface area (TPSA) is 154 Å². The first-order valence-electron chi connectivity index (χ1n) is 12.5. The van der Waals surface area contributed by atoms with E-state index in [1.54, 1.807) is 20.8 Å². The number of hydrogen-bond acceptors (Lipinski definition) is 8. The van der Waals surface area contributed by atoms with E-state index in [0.29, 0.717) is 29.5 Å². The Kier molecular flexibility index (Phi) is 10.4. The number of alkyl carbamates (subject to hydrolysis) is 1. The van der Waals surface area contributed by atoms with Gasteiger partial charge in [0.15, 0.2) is 0 Å². The van der Waals surface area contributed by atoms with Crippen LogP contribution in [0, 0.1) is 5.82 Å². The van der Waals surface area contributed by atoms with E-state index < -0.39 is 56.9 Å². The van der Waals surface area contributed by atoms with Crippen molar-refractivity contribution in [3.05, 3.63) is 45.4 Å². The first kappa shape index (κ1) is 31.6. The maximum Gasteiger partial charge on any atom is 0.407 e. The van der Waals surface area contributed by atoms with Crippen molar-refractivity contribution in [1.29, 1.82) is 0 Å². The minimum absolute atomic E-state index is 0.0898. The molecule has 1 aliphatic rings. The van der Waals surface area contributed by atoms with Gasteiger partial charge in [-0.25, -0.2) is 17.6 Å². The fourth-order valence-electron chi connectivity index (χ4n) is 4.15. The first-order valence-corrected chi connectivity index (χ1v) is 15.1. The van der Waals surface area contributed by atoms with Crippen LogP contribution in [0.5, 0.6) is 0 Å². The molecule has 2 atom stereocenters. The summed E-state index contributed by atoms with van der Waals surface area (Å²) >= 11 is 6.79. The number of sulfonamides is 1. The number of anilines is 1. The quantitative estimate of drug-likeness (QED) is 0.298. The highest BCUT2D eigenvalue weighted by Gasteiger charge is 2.30.